The van der Waals surface area contributed by atoms with E-state index in [0.29, 0.717) is 16.6 Å². The maximum Gasteiger partial charge on any atom is 0.195 e. The highest BCUT2D eigenvalue weighted by Crippen LogP contribution is 2.26. The highest BCUT2D eigenvalue weighted by Gasteiger charge is 2.19. The molecule has 4 heterocycles. The molecular formula is C23H19ClN4O. The molecule has 1 aromatic carbocycles. The molecule has 0 saturated carbocycles. The van der Waals surface area contributed by atoms with Gasteiger partial charge in [-0.15, -0.1) is 0 Å². The van der Waals surface area contributed by atoms with Gasteiger partial charge in [0.25, 0.3) is 0 Å². The zero-order chi connectivity index (χ0) is 19.6. The first-order valence-corrected chi connectivity index (χ1v) is 9.95. The van der Waals surface area contributed by atoms with E-state index in [4.69, 9.17) is 21.0 Å². The summed E-state index contributed by atoms with van der Waals surface area (Å²) in [4.78, 5) is 16.2. The van der Waals surface area contributed by atoms with E-state index in [0.717, 1.165) is 43.0 Å². The lowest BCUT2D eigenvalue weighted by Crippen LogP contribution is -2.31. The molecule has 144 valence electrons. The van der Waals surface area contributed by atoms with Gasteiger partial charge >= 0.3 is 0 Å². The first-order chi connectivity index (χ1) is 14.3. The number of fused-ring (bicyclic) bond motifs is 1. The van der Waals surface area contributed by atoms with Gasteiger partial charge in [-0.2, -0.15) is 0 Å². The molecule has 0 spiro atoms. The Bertz CT molecular complexity index is 1130. The molecule has 1 aliphatic heterocycles. The standard InChI is InChI=1S/C23H19ClN4O/c24-19-5-2-1-4-18(19)21-8-7-16(12-25-21)14-28-10-9-20-17(15-28)13-26-23(27-20)22-6-3-11-29-22/h1-8,11-13H,9-10,14-15H2. The third-order valence-electron chi connectivity index (χ3n) is 5.14. The third kappa shape index (κ3) is 3.79. The number of rotatable bonds is 4. The second kappa shape index (κ2) is 7.78. The average molecular weight is 403 g/mol. The van der Waals surface area contributed by atoms with Crippen LogP contribution in [0.3, 0.4) is 0 Å². The molecule has 3 aromatic heterocycles. The third-order valence-corrected chi connectivity index (χ3v) is 5.46. The summed E-state index contributed by atoms with van der Waals surface area (Å²) in [6.45, 7) is 2.63. The minimum Gasteiger partial charge on any atom is -0.461 e. The maximum atomic E-state index is 6.28. The SMILES string of the molecule is Clc1ccccc1-c1ccc(CN2CCc3nc(-c4ccco4)ncc3C2)cn1. The van der Waals surface area contributed by atoms with Gasteiger partial charge in [-0.3, -0.25) is 9.88 Å². The van der Waals surface area contributed by atoms with E-state index in [-0.39, 0.29) is 0 Å². The summed E-state index contributed by atoms with van der Waals surface area (Å²) in [5.74, 6) is 1.36. The molecule has 0 bridgehead atoms. The normalized spacial score (nSPS) is 14.0. The van der Waals surface area contributed by atoms with Crippen LogP contribution in [0.1, 0.15) is 16.8 Å². The van der Waals surface area contributed by atoms with Gasteiger partial charge in [-0.05, 0) is 29.8 Å². The van der Waals surface area contributed by atoms with Gasteiger partial charge < -0.3 is 4.42 Å². The van der Waals surface area contributed by atoms with Crippen LogP contribution in [0.2, 0.25) is 5.02 Å². The van der Waals surface area contributed by atoms with Crippen LogP contribution in [-0.4, -0.2) is 26.4 Å². The molecule has 1 aliphatic rings. The summed E-state index contributed by atoms with van der Waals surface area (Å²) in [5, 5.41) is 0.717. The summed E-state index contributed by atoms with van der Waals surface area (Å²) in [6.07, 6.45) is 6.40. The van der Waals surface area contributed by atoms with Gasteiger partial charge in [0.05, 0.1) is 17.7 Å². The molecule has 0 saturated heterocycles. The Morgan fingerprint density at radius 1 is 1.00 bits per heavy atom. The van der Waals surface area contributed by atoms with E-state index in [1.54, 1.807) is 6.26 Å². The van der Waals surface area contributed by atoms with Crippen molar-refractivity contribution in [1.82, 2.24) is 19.9 Å². The fourth-order valence-corrected chi connectivity index (χ4v) is 3.87. The Hall–Kier alpha value is -3.02. The van der Waals surface area contributed by atoms with Crippen molar-refractivity contribution >= 4 is 11.6 Å². The molecule has 29 heavy (non-hydrogen) atoms. The van der Waals surface area contributed by atoms with Crippen LogP contribution in [-0.2, 0) is 19.5 Å². The average Bonchev–Trinajstić information content (AvgIpc) is 3.29. The molecular weight excluding hydrogens is 384 g/mol. The Labute approximate surface area is 174 Å². The number of aromatic nitrogens is 3. The monoisotopic (exact) mass is 402 g/mol. The zero-order valence-corrected chi connectivity index (χ0v) is 16.5. The van der Waals surface area contributed by atoms with Crippen LogP contribution in [0.25, 0.3) is 22.8 Å². The number of hydrogen-bond donors (Lipinski definition) is 0. The molecule has 0 N–H and O–H groups in total. The summed E-state index contributed by atoms with van der Waals surface area (Å²) in [5.41, 5.74) is 5.30. The molecule has 0 radical (unpaired) electrons. The van der Waals surface area contributed by atoms with E-state index in [1.807, 2.05) is 54.9 Å². The Morgan fingerprint density at radius 2 is 1.93 bits per heavy atom. The molecule has 0 amide bonds. The molecule has 5 rings (SSSR count). The van der Waals surface area contributed by atoms with E-state index in [1.165, 1.54) is 11.1 Å². The Morgan fingerprint density at radius 3 is 2.72 bits per heavy atom. The fourth-order valence-electron chi connectivity index (χ4n) is 3.64. The van der Waals surface area contributed by atoms with Gasteiger partial charge in [-0.25, -0.2) is 9.97 Å². The molecule has 0 unspecified atom stereocenters. The van der Waals surface area contributed by atoms with Crippen molar-refractivity contribution in [3.63, 3.8) is 0 Å². The number of benzene rings is 1. The predicted molar refractivity (Wildman–Crippen MR) is 112 cm³/mol. The van der Waals surface area contributed by atoms with E-state index >= 15 is 0 Å². The molecule has 0 atom stereocenters. The molecule has 6 heteroatoms. The van der Waals surface area contributed by atoms with Crippen LogP contribution < -0.4 is 0 Å². The predicted octanol–water partition coefficient (Wildman–Crippen LogP) is 5.01. The van der Waals surface area contributed by atoms with Crippen molar-refractivity contribution in [2.45, 2.75) is 19.5 Å². The lowest BCUT2D eigenvalue weighted by molar-refractivity contribution is 0.242. The molecule has 0 fully saturated rings. The van der Waals surface area contributed by atoms with Gasteiger partial charge in [0.2, 0.25) is 0 Å². The van der Waals surface area contributed by atoms with E-state index < -0.39 is 0 Å². The first-order valence-electron chi connectivity index (χ1n) is 9.57. The van der Waals surface area contributed by atoms with Crippen LogP contribution in [0.15, 0.2) is 71.6 Å². The van der Waals surface area contributed by atoms with Crippen molar-refractivity contribution in [2.24, 2.45) is 0 Å². The number of halogens is 1. The number of nitrogens with zero attached hydrogens (tertiary/aromatic N) is 4. The number of hydrogen-bond acceptors (Lipinski definition) is 5. The second-order valence-electron chi connectivity index (χ2n) is 7.14. The zero-order valence-electron chi connectivity index (χ0n) is 15.8. The van der Waals surface area contributed by atoms with Crippen LogP contribution in [0.5, 0.6) is 0 Å². The van der Waals surface area contributed by atoms with Crippen LogP contribution in [0.4, 0.5) is 0 Å². The highest BCUT2D eigenvalue weighted by molar-refractivity contribution is 6.33. The number of furan rings is 1. The molecule has 5 nitrogen and oxygen atoms in total. The van der Waals surface area contributed by atoms with Gasteiger partial charge in [0, 0.05) is 54.6 Å². The minimum absolute atomic E-state index is 0.654. The summed E-state index contributed by atoms with van der Waals surface area (Å²) < 4.78 is 5.41. The van der Waals surface area contributed by atoms with Gasteiger partial charge in [-0.1, -0.05) is 35.9 Å². The Balaban J connectivity index is 1.28. The summed E-state index contributed by atoms with van der Waals surface area (Å²) >= 11 is 6.28. The van der Waals surface area contributed by atoms with Crippen LogP contribution >= 0.6 is 11.6 Å². The summed E-state index contributed by atoms with van der Waals surface area (Å²) in [6, 6.07) is 15.7. The van der Waals surface area contributed by atoms with Crippen molar-refractivity contribution in [3.05, 3.63) is 89.0 Å². The minimum atomic E-state index is 0.654. The lowest BCUT2D eigenvalue weighted by Gasteiger charge is -2.27. The van der Waals surface area contributed by atoms with E-state index in [2.05, 4.69) is 20.9 Å². The Kier molecular flexibility index (Phi) is 4.84. The quantitative estimate of drug-likeness (QED) is 0.480. The smallest absolute Gasteiger partial charge is 0.195 e. The van der Waals surface area contributed by atoms with E-state index in [9.17, 15) is 0 Å². The number of pyridine rings is 1. The second-order valence-corrected chi connectivity index (χ2v) is 7.54. The highest BCUT2D eigenvalue weighted by atomic mass is 35.5. The van der Waals surface area contributed by atoms with Gasteiger partial charge in [0.1, 0.15) is 0 Å². The topological polar surface area (TPSA) is 55.1 Å². The maximum absolute atomic E-state index is 6.28. The lowest BCUT2D eigenvalue weighted by atomic mass is 10.1. The van der Waals surface area contributed by atoms with Crippen molar-refractivity contribution in [1.29, 1.82) is 0 Å². The fraction of sp³-hybridized carbons (Fsp3) is 0.174. The van der Waals surface area contributed by atoms with Gasteiger partial charge in [0.15, 0.2) is 11.6 Å². The largest absolute Gasteiger partial charge is 0.461 e. The van der Waals surface area contributed by atoms with Crippen molar-refractivity contribution < 1.29 is 4.42 Å². The molecule has 0 aliphatic carbocycles. The molecule has 4 aromatic rings. The summed E-state index contributed by atoms with van der Waals surface area (Å²) in [7, 11) is 0. The van der Waals surface area contributed by atoms with Crippen molar-refractivity contribution in [2.75, 3.05) is 6.54 Å². The first kappa shape index (κ1) is 18.0. The van der Waals surface area contributed by atoms with Crippen molar-refractivity contribution in [3.8, 4) is 22.8 Å². The van der Waals surface area contributed by atoms with Crippen LogP contribution in [0, 0.1) is 0 Å².